The molecular weight excluding hydrogens is 236 g/mol. The van der Waals surface area contributed by atoms with Crippen molar-refractivity contribution in [3.63, 3.8) is 0 Å². The summed E-state index contributed by atoms with van der Waals surface area (Å²) in [7, 11) is 0. The molecule has 0 aliphatic carbocycles. The second-order valence-corrected chi connectivity index (χ2v) is 4.84. The lowest BCUT2D eigenvalue weighted by atomic mass is 9.94. The molecule has 0 saturated carbocycles. The minimum atomic E-state index is -0.0113. The number of phenols is 1. The molecule has 2 atom stereocenters. The molecule has 2 heteroatoms. The van der Waals surface area contributed by atoms with Gasteiger partial charge < -0.3 is 9.84 Å². The molecule has 1 aromatic rings. The maximum absolute atomic E-state index is 9.76. The molecule has 0 aliphatic rings. The Morgan fingerprint density at radius 2 is 1.74 bits per heavy atom. The Kier molecular flexibility index (Phi) is 5.68. The van der Waals surface area contributed by atoms with E-state index in [4.69, 9.17) is 4.74 Å². The van der Waals surface area contributed by atoms with Crippen LogP contribution in [0.25, 0.3) is 0 Å². The van der Waals surface area contributed by atoms with Crippen LogP contribution < -0.4 is 4.74 Å². The number of allylic oxidation sites excluding steroid dienone is 3. The van der Waals surface area contributed by atoms with E-state index in [1.807, 2.05) is 45.9 Å². The van der Waals surface area contributed by atoms with Gasteiger partial charge >= 0.3 is 0 Å². The zero-order chi connectivity index (χ0) is 14.4. The lowest BCUT2D eigenvalue weighted by Gasteiger charge is -2.20. The van der Waals surface area contributed by atoms with Crippen molar-refractivity contribution in [3.8, 4) is 11.5 Å². The van der Waals surface area contributed by atoms with Gasteiger partial charge in [-0.3, -0.25) is 0 Å². The molecule has 0 heterocycles. The van der Waals surface area contributed by atoms with Gasteiger partial charge in [-0.25, -0.2) is 0 Å². The molecule has 0 spiro atoms. The summed E-state index contributed by atoms with van der Waals surface area (Å²) in [5.74, 6) is 1.27. The fourth-order valence-corrected chi connectivity index (χ4v) is 2.32. The van der Waals surface area contributed by atoms with Crippen LogP contribution in [0.1, 0.15) is 44.7 Å². The summed E-state index contributed by atoms with van der Waals surface area (Å²) in [6.07, 6.45) is 8.12. The maximum Gasteiger partial charge on any atom is 0.127 e. The molecule has 104 valence electrons. The number of hydrogen-bond donors (Lipinski definition) is 1. The summed E-state index contributed by atoms with van der Waals surface area (Å²) in [4.78, 5) is 0. The van der Waals surface area contributed by atoms with Crippen LogP contribution in [0.2, 0.25) is 0 Å². The van der Waals surface area contributed by atoms with Crippen LogP contribution in [0.15, 0.2) is 36.4 Å². The monoisotopic (exact) mass is 260 g/mol. The van der Waals surface area contributed by atoms with Gasteiger partial charge in [0, 0.05) is 17.5 Å². The molecule has 19 heavy (non-hydrogen) atoms. The normalized spacial score (nSPS) is 15.0. The minimum absolute atomic E-state index is 0.0113. The molecule has 0 fully saturated rings. The number of rotatable bonds is 5. The van der Waals surface area contributed by atoms with E-state index >= 15 is 0 Å². The summed E-state index contributed by atoms with van der Waals surface area (Å²) in [5, 5.41) is 9.76. The van der Waals surface area contributed by atoms with Crippen molar-refractivity contribution in [2.75, 3.05) is 0 Å². The van der Waals surface area contributed by atoms with Crippen LogP contribution in [-0.4, -0.2) is 11.2 Å². The zero-order valence-electron chi connectivity index (χ0n) is 12.5. The van der Waals surface area contributed by atoms with E-state index in [2.05, 4.69) is 13.0 Å². The number of ether oxygens (including phenoxy) is 1. The molecule has 1 N–H and O–H groups in total. The van der Waals surface area contributed by atoms with E-state index in [1.165, 1.54) is 0 Å². The predicted molar refractivity (Wildman–Crippen MR) is 81.0 cm³/mol. The molecule has 0 radical (unpaired) electrons. The summed E-state index contributed by atoms with van der Waals surface area (Å²) in [6.45, 7) is 10.1. The van der Waals surface area contributed by atoms with Crippen LogP contribution >= 0.6 is 0 Å². The highest BCUT2D eigenvalue weighted by atomic mass is 16.5. The average molecular weight is 260 g/mol. The fraction of sp³-hybridized carbons (Fsp3) is 0.412. The van der Waals surface area contributed by atoms with Gasteiger partial charge in [-0.1, -0.05) is 25.2 Å². The molecule has 2 unspecified atom stereocenters. The molecule has 0 aliphatic heterocycles. The van der Waals surface area contributed by atoms with Gasteiger partial charge in [-0.2, -0.15) is 0 Å². The van der Waals surface area contributed by atoms with Crippen molar-refractivity contribution in [2.45, 2.75) is 46.6 Å². The molecule has 0 amide bonds. The highest BCUT2D eigenvalue weighted by molar-refractivity contribution is 5.48. The van der Waals surface area contributed by atoms with Crippen molar-refractivity contribution < 1.29 is 9.84 Å². The van der Waals surface area contributed by atoms with E-state index < -0.39 is 0 Å². The minimum Gasteiger partial charge on any atom is -0.508 e. The van der Waals surface area contributed by atoms with Crippen LogP contribution in [0.3, 0.4) is 0 Å². The lowest BCUT2D eigenvalue weighted by Crippen LogP contribution is -2.10. The van der Waals surface area contributed by atoms with Crippen molar-refractivity contribution in [1.82, 2.24) is 0 Å². The largest absolute Gasteiger partial charge is 0.508 e. The number of aromatic hydroxyl groups is 1. The van der Waals surface area contributed by atoms with Crippen LogP contribution in [-0.2, 0) is 0 Å². The molecular formula is C17H24O2. The smallest absolute Gasteiger partial charge is 0.127 e. The van der Waals surface area contributed by atoms with E-state index in [0.717, 1.165) is 16.9 Å². The standard InChI is InChI=1S/C17H24O2/c1-6-8-12(3)17-13(4)10-15(18)11-16(17)19-14(5)9-7-2/h6-12,14,18H,1-5H3. The van der Waals surface area contributed by atoms with Crippen LogP contribution in [0.5, 0.6) is 11.5 Å². The van der Waals surface area contributed by atoms with Gasteiger partial charge in [0.2, 0.25) is 0 Å². The van der Waals surface area contributed by atoms with Gasteiger partial charge in [0.1, 0.15) is 17.6 Å². The second-order valence-electron chi connectivity index (χ2n) is 4.84. The number of aryl methyl sites for hydroxylation is 1. The Hall–Kier alpha value is -1.70. The summed E-state index contributed by atoms with van der Waals surface area (Å²) >= 11 is 0. The first-order chi connectivity index (χ1) is 8.99. The highest BCUT2D eigenvalue weighted by Crippen LogP contribution is 2.35. The van der Waals surface area contributed by atoms with Crippen molar-refractivity contribution in [3.05, 3.63) is 47.6 Å². The van der Waals surface area contributed by atoms with Gasteiger partial charge in [0.25, 0.3) is 0 Å². The Balaban J connectivity index is 3.19. The summed E-state index contributed by atoms with van der Waals surface area (Å²) in [6, 6.07) is 3.48. The van der Waals surface area contributed by atoms with Crippen LogP contribution in [0.4, 0.5) is 0 Å². The Bertz CT molecular complexity index is 472. The predicted octanol–water partition coefficient (Wildman–Crippen LogP) is 4.72. The average Bonchev–Trinajstić information content (AvgIpc) is 2.28. The number of benzene rings is 1. The Labute approximate surface area is 116 Å². The number of hydrogen-bond acceptors (Lipinski definition) is 2. The topological polar surface area (TPSA) is 29.5 Å². The molecule has 1 aromatic carbocycles. The van der Waals surface area contributed by atoms with Crippen molar-refractivity contribution >= 4 is 0 Å². The van der Waals surface area contributed by atoms with E-state index in [-0.39, 0.29) is 17.8 Å². The summed E-state index contributed by atoms with van der Waals surface area (Å²) in [5.41, 5.74) is 2.18. The molecule has 0 bridgehead atoms. The second kappa shape index (κ2) is 7.03. The SMILES string of the molecule is CC=CC(C)Oc1cc(O)cc(C)c1C(C)C=CC. The van der Waals surface area contributed by atoms with Gasteiger partial charge in [0.15, 0.2) is 0 Å². The van der Waals surface area contributed by atoms with Crippen molar-refractivity contribution in [2.24, 2.45) is 0 Å². The third-order valence-electron chi connectivity index (χ3n) is 3.05. The Morgan fingerprint density at radius 1 is 1.11 bits per heavy atom. The third kappa shape index (κ3) is 4.16. The van der Waals surface area contributed by atoms with Gasteiger partial charge in [0.05, 0.1) is 0 Å². The quantitative estimate of drug-likeness (QED) is 0.776. The fourth-order valence-electron chi connectivity index (χ4n) is 2.32. The third-order valence-corrected chi connectivity index (χ3v) is 3.05. The van der Waals surface area contributed by atoms with E-state index in [0.29, 0.717) is 0 Å². The molecule has 1 rings (SSSR count). The van der Waals surface area contributed by atoms with E-state index in [1.54, 1.807) is 12.1 Å². The Morgan fingerprint density at radius 3 is 2.32 bits per heavy atom. The highest BCUT2D eigenvalue weighted by Gasteiger charge is 2.15. The van der Waals surface area contributed by atoms with Gasteiger partial charge in [-0.05, 0) is 45.4 Å². The first kappa shape index (κ1) is 15.4. The first-order valence-electron chi connectivity index (χ1n) is 6.75. The number of phenolic OH excluding ortho intramolecular Hbond substituents is 1. The maximum atomic E-state index is 9.76. The molecule has 0 saturated heterocycles. The zero-order valence-corrected chi connectivity index (χ0v) is 12.5. The van der Waals surface area contributed by atoms with Gasteiger partial charge in [-0.15, -0.1) is 0 Å². The van der Waals surface area contributed by atoms with Crippen molar-refractivity contribution in [1.29, 1.82) is 0 Å². The lowest BCUT2D eigenvalue weighted by molar-refractivity contribution is 0.265. The molecule has 0 aromatic heterocycles. The summed E-state index contributed by atoms with van der Waals surface area (Å²) < 4.78 is 5.93. The molecule has 2 nitrogen and oxygen atoms in total. The van der Waals surface area contributed by atoms with Crippen LogP contribution in [0, 0.1) is 6.92 Å². The first-order valence-corrected chi connectivity index (χ1v) is 6.75. The van der Waals surface area contributed by atoms with E-state index in [9.17, 15) is 5.11 Å².